The second-order valence-corrected chi connectivity index (χ2v) is 3.88. The fourth-order valence-electron chi connectivity index (χ4n) is 1.50. The van der Waals surface area contributed by atoms with Gasteiger partial charge in [-0.3, -0.25) is 4.79 Å². The molecule has 0 aliphatic heterocycles. The number of nitrogens with zero attached hydrogens (tertiary/aromatic N) is 2. The predicted octanol–water partition coefficient (Wildman–Crippen LogP) is 0.782. The van der Waals surface area contributed by atoms with E-state index in [9.17, 15) is 4.79 Å². The molecular weight excluding hydrogens is 208 g/mol. The van der Waals surface area contributed by atoms with Gasteiger partial charge in [0, 0.05) is 12.0 Å². The Hall–Kier alpha value is -1.85. The van der Waals surface area contributed by atoms with Gasteiger partial charge in [0.05, 0.1) is 5.69 Å². The van der Waals surface area contributed by atoms with Gasteiger partial charge in [0.25, 0.3) is 0 Å². The number of carboxylic acid groups (broad SMARTS) is 1. The lowest BCUT2D eigenvalue weighted by Gasteiger charge is -2.13. The zero-order valence-corrected chi connectivity index (χ0v) is 9.40. The minimum Gasteiger partial charge on any atom is -0.481 e. The molecule has 1 aromatic rings. The van der Waals surface area contributed by atoms with E-state index in [1.165, 1.54) is 0 Å². The van der Waals surface area contributed by atoms with Crippen molar-refractivity contribution in [1.82, 2.24) is 9.97 Å². The molecule has 1 rings (SSSR count). The lowest BCUT2D eigenvalue weighted by molar-refractivity contribution is -0.136. The number of nitrogen functional groups attached to an aromatic ring is 2. The zero-order valence-electron chi connectivity index (χ0n) is 9.40. The Morgan fingerprint density at radius 1 is 1.38 bits per heavy atom. The molecule has 0 spiro atoms. The van der Waals surface area contributed by atoms with Crippen molar-refractivity contribution in [3.63, 3.8) is 0 Å². The highest BCUT2D eigenvalue weighted by molar-refractivity contribution is 5.67. The van der Waals surface area contributed by atoms with Crippen LogP contribution in [0.2, 0.25) is 0 Å². The first-order valence-corrected chi connectivity index (χ1v) is 5.05. The van der Waals surface area contributed by atoms with Gasteiger partial charge in [-0.25, -0.2) is 4.98 Å². The molecule has 0 fully saturated rings. The van der Waals surface area contributed by atoms with E-state index < -0.39 is 5.97 Å². The Balaban J connectivity index is 3.08. The molecule has 0 radical (unpaired) electrons. The van der Waals surface area contributed by atoms with Crippen LogP contribution in [-0.4, -0.2) is 21.0 Å². The Bertz CT molecular complexity index is 404. The van der Waals surface area contributed by atoms with Crippen molar-refractivity contribution in [2.24, 2.45) is 0 Å². The molecule has 6 heteroatoms. The highest BCUT2D eigenvalue weighted by Crippen LogP contribution is 2.23. The van der Waals surface area contributed by atoms with Gasteiger partial charge in [0.15, 0.2) is 0 Å². The Kier molecular flexibility index (Phi) is 3.65. The third-order valence-corrected chi connectivity index (χ3v) is 2.22. The summed E-state index contributed by atoms with van der Waals surface area (Å²) in [5.74, 6) is -0.333. The van der Waals surface area contributed by atoms with Crippen LogP contribution in [0.25, 0.3) is 0 Å². The summed E-state index contributed by atoms with van der Waals surface area (Å²) in [6.07, 6.45) is 0.339. The smallest absolute Gasteiger partial charge is 0.303 e. The molecule has 0 amide bonds. The van der Waals surface area contributed by atoms with Gasteiger partial charge >= 0.3 is 5.97 Å². The summed E-state index contributed by atoms with van der Waals surface area (Å²) < 4.78 is 0. The van der Waals surface area contributed by atoms with Crippen LogP contribution in [0.5, 0.6) is 0 Å². The summed E-state index contributed by atoms with van der Waals surface area (Å²) in [6.45, 7) is 3.90. The molecule has 1 aromatic heterocycles. The molecule has 1 heterocycles. The molecule has 0 unspecified atom stereocenters. The molecule has 0 saturated carbocycles. The fourth-order valence-corrected chi connectivity index (χ4v) is 1.50. The summed E-state index contributed by atoms with van der Waals surface area (Å²) in [6, 6.07) is 0. The first-order valence-electron chi connectivity index (χ1n) is 5.05. The van der Waals surface area contributed by atoms with E-state index in [4.69, 9.17) is 16.6 Å². The summed E-state index contributed by atoms with van der Waals surface area (Å²) in [5, 5.41) is 8.64. The second-order valence-electron chi connectivity index (χ2n) is 3.88. The summed E-state index contributed by atoms with van der Waals surface area (Å²) >= 11 is 0. The third-order valence-electron chi connectivity index (χ3n) is 2.22. The standard InChI is InChI=1S/C10H16N4O2/c1-5(2)8-6(3-4-7(15)16)9(11)14-10(12)13-8/h5H,3-4H2,1-2H3,(H,15,16)(H4,11,12,13,14). The number of carbonyl (C=O) groups is 1. The molecule has 5 N–H and O–H groups in total. The number of hydrogen-bond acceptors (Lipinski definition) is 5. The Morgan fingerprint density at radius 2 is 2.00 bits per heavy atom. The Morgan fingerprint density at radius 3 is 2.50 bits per heavy atom. The van der Waals surface area contributed by atoms with Gasteiger partial charge in [-0.15, -0.1) is 0 Å². The zero-order chi connectivity index (χ0) is 12.3. The van der Waals surface area contributed by atoms with E-state index in [0.29, 0.717) is 12.0 Å². The van der Waals surface area contributed by atoms with E-state index in [2.05, 4.69) is 9.97 Å². The summed E-state index contributed by atoms with van der Waals surface area (Å²) in [4.78, 5) is 18.5. The summed E-state index contributed by atoms with van der Waals surface area (Å²) in [7, 11) is 0. The number of aromatic nitrogens is 2. The normalized spacial score (nSPS) is 10.7. The number of aliphatic carboxylic acids is 1. The Labute approximate surface area is 93.7 Å². The van der Waals surface area contributed by atoms with E-state index >= 15 is 0 Å². The van der Waals surface area contributed by atoms with Crippen molar-refractivity contribution in [1.29, 1.82) is 0 Å². The molecule has 0 aliphatic carbocycles. The molecule has 0 saturated heterocycles. The van der Waals surface area contributed by atoms with Crippen LogP contribution in [-0.2, 0) is 11.2 Å². The second kappa shape index (κ2) is 4.78. The van der Waals surface area contributed by atoms with Crippen molar-refractivity contribution in [2.75, 3.05) is 11.5 Å². The van der Waals surface area contributed by atoms with Crippen LogP contribution < -0.4 is 11.5 Å². The maximum atomic E-state index is 10.5. The van der Waals surface area contributed by atoms with Crippen LogP contribution in [0.4, 0.5) is 11.8 Å². The largest absolute Gasteiger partial charge is 0.481 e. The molecule has 16 heavy (non-hydrogen) atoms. The highest BCUT2D eigenvalue weighted by Gasteiger charge is 2.15. The number of hydrogen-bond donors (Lipinski definition) is 3. The van der Waals surface area contributed by atoms with Crippen LogP contribution >= 0.6 is 0 Å². The summed E-state index contributed by atoms with van der Waals surface area (Å²) in [5.41, 5.74) is 12.6. The predicted molar refractivity (Wildman–Crippen MR) is 60.9 cm³/mol. The van der Waals surface area contributed by atoms with Gasteiger partial charge in [-0.1, -0.05) is 13.8 Å². The minimum absolute atomic E-state index is 0.0111. The quantitative estimate of drug-likeness (QED) is 0.696. The lowest BCUT2D eigenvalue weighted by atomic mass is 10.0. The van der Waals surface area contributed by atoms with Crippen molar-refractivity contribution in [2.45, 2.75) is 32.6 Å². The van der Waals surface area contributed by atoms with Gasteiger partial charge in [-0.2, -0.15) is 4.98 Å². The molecule has 0 atom stereocenters. The maximum absolute atomic E-state index is 10.5. The molecule has 0 aromatic carbocycles. The SMILES string of the molecule is CC(C)c1nc(N)nc(N)c1CCC(=O)O. The van der Waals surface area contributed by atoms with E-state index in [-0.39, 0.29) is 24.1 Å². The van der Waals surface area contributed by atoms with E-state index in [1.807, 2.05) is 13.8 Å². The van der Waals surface area contributed by atoms with Crippen LogP contribution in [0, 0.1) is 0 Å². The highest BCUT2D eigenvalue weighted by atomic mass is 16.4. The monoisotopic (exact) mass is 224 g/mol. The van der Waals surface area contributed by atoms with Crippen LogP contribution in [0.3, 0.4) is 0 Å². The van der Waals surface area contributed by atoms with Crippen LogP contribution in [0.15, 0.2) is 0 Å². The maximum Gasteiger partial charge on any atom is 0.303 e. The fraction of sp³-hybridized carbons (Fsp3) is 0.500. The van der Waals surface area contributed by atoms with E-state index in [0.717, 1.165) is 5.69 Å². The molecule has 0 bridgehead atoms. The van der Waals surface area contributed by atoms with Crippen molar-refractivity contribution in [3.8, 4) is 0 Å². The van der Waals surface area contributed by atoms with Crippen molar-refractivity contribution >= 4 is 17.7 Å². The van der Waals surface area contributed by atoms with Gasteiger partial charge in [-0.05, 0) is 12.3 Å². The van der Waals surface area contributed by atoms with Gasteiger partial charge < -0.3 is 16.6 Å². The van der Waals surface area contributed by atoms with E-state index in [1.54, 1.807) is 0 Å². The third kappa shape index (κ3) is 2.82. The van der Waals surface area contributed by atoms with Gasteiger partial charge in [0.1, 0.15) is 5.82 Å². The number of nitrogens with two attached hydrogens (primary N) is 2. The van der Waals surface area contributed by atoms with Crippen molar-refractivity contribution in [3.05, 3.63) is 11.3 Å². The van der Waals surface area contributed by atoms with Crippen molar-refractivity contribution < 1.29 is 9.90 Å². The number of anilines is 2. The average molecular weight is 224 g/mol. The van der Waals surface area contributed by atoms with Crippen LogP contribution in [0.1, 0.15) is 37.4 Å². The molecule has 88 valence electrons. The average Bonchev–Trinajstić information content (AvgIpc) is 2.14. The number of rotatable bonds is 4. The minimum atomic E-state index is -0.870. The molecule has 6 nitrogen and oxygen atoms in total. The number of carboxylic acids is 1. The lowest BCUT2D eigenvalue weighted by Crippen LogP contribution is -2.11. The first-order chi connectivity index (χ1) is 7.41. The van der Waals surface area contributed by atoms with Gasteiger partial charge in [0.2, 0.25) is 5.95 Å². The topological polar surface area (TPSA) is 115 Å². The molecule has 0 aliphatic rings. The molecular formula is C10H16N4O2. The first kappa shape index (κ1) is 12.2.